The Morgan fingerprint density at radius 1 is 1.27 bits per heavy atom. The Bertz CT molecular complexity index is 633. The van der Waals surface area contributed by atoms with Gasteiger partial charge in [-0.2, -0.15) is 5.10 Å². The zero-order valence-corrected chi connectivity index (χ0v) is 13.6. The van der Waals surface area contributed by atoms with E-state index in [9.17, 15) is 0 Å². The molecule has 1 aromatic heterocycles. The summed E-state index contributed by atoms with van der Waals surface area (Å²) in [5.41, 5.74) is 4.97. The van der Waals surface area contributed by atoms with Crippen molar-refractivity contribution in [2.75, 3.05) is 25.1 Å². The molecule has 118 valence electrons. The third kappa shape index (κ3) is 3.02. The summed E-state index contributed by atoms with van der Waals surface area (Å²) in [4.78, 5) is 0. The lowest BCUT2D eigenvalue weighted by Gasteiger charge is -2.11. The summed E-state index contributed by atoms with van der Waals surface area (Å²) < 4.78 is 7.62. The van der Waals surface area contributed by atoms with Crippen molar-refractivity contribution in [1.82, 2.24) is 9.78 Å². The molecule has 22 heavy (non-hydrogen) atoms. The standard InChI is InChI=1S/C18H25N3O/c1-3-22-13-11-16-15-9-6-7-12-19-18(15)21(20-16)17-10-5-4-8-14(17)2/h4-5,8,10,19H,3,6-7,9,11-13H2,1-2H3. The Labute approximate surface area is 132 Å². The fourth-order valence-electron chi connectivity index (χ4n) is 3.06. The molecule has 0 fully saturated rings. The van der Waals surface area contributed by atoms with Crippen LogP contribution in [0.1, 0.15) is 36.6 Å². The van der Waals surface area contributed by atoms with Gasteiger partial charge in [-0.05, 0) is 44.7 Å². The zero-order valence-electron chi connectivity index (χ0n) is 13.6. The van der Waals surface area contributed by atoms with Gasteiger partial charge in [0, 0.05) is 25.1 Å². The highest BCUT2D eigenvalue weighted by atomic mass is 16.5. The number of aryl methyl sites for hydroxylation is 1. The summed E-state index contributed by atoms with van der Waals surface area (Å²) in [6.07, 6.45) is 4.43. The smallest absolute Gasteiger partial charge is 0.133 e. The lowest BCUT2D eigenvalue weighted by Crippen LogP contribution is -2.08. The number of ether oxygens (including phenoxy) is 1. The fraction of sp³-hybridized carbons (Fsp3) is 0.500. The lowest BCUT2D eigenvalue weighted by atomic mass is 10.1. The molecule has 1 aromatic carbocycles. The maximum Gasteiger partial charge on any atom is 0.133 e. The summed E-state index contributed by atoms with van der Waals surface area (Å²) in [6, 6.07) is 8.43. The fourth-order valence-corrected chi connectivity index (χ4v) is 3.06. The molecule has 4 nitrogen and oxygen atoms in total. The molecule has 0 spiro atoms. The van der Waals surface area contributed by atoms with Gasteiger partial charge < -0.3 is 10.1 Å². The van der Waals surface area contributed by atoms with E-state index >= 15 is 0 Å². The average Bonchev–Trinajstić information content (AvgIpc) is 2.71. The number of hydrogen-bond donors (Lipinski definition) is 1. The van der Waals surface area contributed by atoms with E-state index < -0.39 is 0 Å². The molecule has 0 saturated carbocycles. The molecule has 0 aliphatic carbocycles. The number of fused-ring (bicyclic) bond motifs is 1. The minimum atomic E-state index is 0.744. The van der Waals surface area contributed by atoms with Crippen molar-refractivity contribution >= 4 is 5.82 Å². The predicted molar refractivity (Wildman–Crippen MR) is 89.9 cm³/mol. The SMILES string of the molecule is CCOCCc1nn(-c2ccccc2C)c2c1CCCCN2. The highest BCUT2D eigenvalue weighted by Gasteiger charge is 2.20. The second-order valence-electron chi connectivity index (χ2n) is 5.80. The van der Waals surface area contributed by atoms with Crippen LogP contribution in [0.3, 0.4) is 0 Å². The molecule has 1 aliphatic rings. The van der Waals surface area contributed by atoms with Gasteiger partial charge in [0.25, 0.3) is 0 Å². The van der Waals surface area contributed by atoms with Crippen molar-refractivity contribution in [3.8, 4) is 5.69 Å². The van der Waals surface area contributed by atoms with Crippen LogP contribution in [0.25, 0.3) is 5.69 Å². The minimum absolute atomic E-state index is 0.744. The van der Waals surface area contributed by atoms with E-state index in [1.807, 2.05) is 6.92 Å². The number of nitrogens with one attached hydrogen (secondary N) is 1. The number of para-hydroxylation sites is 1. The van der Waals surface area contributed by atoms with Gasteiger partial charge in [-0.15, -0.1) is 0 Å². The Hall–Kier alpha value is -1.81. The summed E-state index contributed by atoms with van der Waals surface area (Å²) in [7, 11) is 0. The Morgan fingerprint density at radius 3 is 2.95 bits per heavy atom. The molecule has 4 heteroatoms. The number of rotatable bonds is 5. The number of benzene rings is 1. The van der Waals surface area contributed by atoms with Crippen LogP contribution in [0.4, 0.5) is 5.82 Å². The molecule has 0 unspecified atom stereocenters. The van der Waals surface area contributed by atoms with Gasteiger partial charge in [-0.3, -0.25) is 0 Å². The molecular weight excluding hydrogens is 274 g/mol. The number of hydrogen-bond acceptors (Lipinski definition) is 3. The zero-order chi connectivity index (χ0) is 15.4. The van der Waals surface area contributed by atoms with Crippen LogP contribution in [-0.4, -0.2) is 29.5 Å². The first-order valence-corrected chi connectivity index (χ1v) is 8.29. The van der Waals surface area contributed by atoms with Crippen LogP contribution in [0.5, 0.6) is 0 Å². The van der Waals surface area contributed by atoms with Gasteiger partial charge in [0.1, 0.15) is 5.82 Å². The van der Waals surface area contributed by atoms with Gasteiger partial charge in [-0.1, -0.05) is 18.2 Å². The molecule has 1 aliphatic heterocycles. The molecule has 2 aromatic rings. The maximum absolute atomic E-state index is 5.53. The van der Waals surface area contributed by atoms with Crippen LogP contribution in [0.2, 0.25) is 0 Å². The Morgan fingerprint density at radius 2 is 2.14 bits per heavy atom. The third-order valence-corrected chi connectivity index (χ3v) is 4.24. The Balaban J connectivity index is 2.01. The van der Waals surface area contributed by atoms with Crippen LogP contribution in [0, 0.1) is 6.92 Å². The molecular formula is C18H25N3O. The molecule has 3 rings (SSSR count). The summed E-state index contributed by atoms with van der Waals surface area (Å²) in [5.74, 6) is 1.18. The topological polar surface area (TPSA) is 39.1 Å². The van der Waals surface area contributed by atoms with Crippen molar-refractivity contribution in [2.24, 2.45) is 0 Å². The normalized spacial score (nSPS) is 14.3. The van der Waals surface area contributed by atoms with E-state index in [0.29, 0.717) is 0 Å². The first-order chi connectivity index (χ1) is 10.8. The predicted octanol–water partition coefficient (Wildman–Crippen LogP) is 3.51. The summed E-state index contributed by atoms with van der Waals surface area (Å²) in [6.45, 7) is 6.70. The lowest BCUT2D eigenvalue weighted by molar-refractivity contribution is 0.150. The van der Waals surface area contributed by atoms with E-state index in [4.69, 9.17) is 9.84 Å². The first-order valence-electron chi connectivity index (χ1n) is 8.29. The van der Waals surface area contributed by atoms with Crippen molar-refractivity contribution in [1.29, 1.82) is 0 Å². The van der Waals surface area contributed by atoms with E-state index in [1.165, 1.54) is 35.5 Å². The van der Waals surface area contributed by atoms with E-state index in [0.717, 1.165) is 38.3 Å². The first kappa shape index (κ1) is 15.1. The highest BCUT2D eigenvalue weighted by molar-refractivity contribution is 5.56. The molecule has 2 heterocycles. The Kier molecular flexibility index (Phi) is 4.78. The number of anilines is 1. The second-order valence-corrected chi connectivity index (χ2v) is 5.80. The van der Waals surface area contributed by atoms with Crippen molar-refractivity contribution in [3.05, 3.63) is 41.1 Å². The van der Waals surface area contributed by atoms with Gasteiger partial charge in [0.05, 0.1) is 18.0 Å². The molecule has 0 atom stereocenters. The molecule has 0 bridgehead atoms. The van der Waals surface area contributed by atoms with Gasteiger partial charge in [0.2, 0.25) is 0 Å². The van der Waals surface area contributed by atoms with Crippen LogP contribution >= 0.6 is 0 Å². The van der Waals surface area contributed by atoms with Crippen LogP contribution in [-0.2, 0) is 17.6 Å². The third-order valence-electron chi connectivity index (χ3n) is 4.24. The summed E-state index contributed by atoms with van der Waals surface area (Å²) in [5, 5.41) is 8.50. The number of nitrogens with zero attached hydrogens (tertiary/aromatic N) is 2. The molecule has 1 N–H and O–H groups in total. The number of aromatic nitrogens is 2. The minimum Gasteiger partial charge on any atom is -0.381 e. The van der Waals surface area contributed by atoms with Crippen molar-refractivity contribution < 1.29 is 4.74 Å². The van der Waals surface area contributed by atoms with Gasteiger partial charge >= 0.3 is 0 Å². The van der Waals surface area contributed by atoms with E-state index in [2.05, 4.69) is 41.2 Å². The monoisotopic (exact) mass is 299 g/mol. The quantitative estimate of drug-likeness (QED) is 0.859. The largest absolute Gasteiger partial charge is 0.381 e. The van der Waals surface area contributed by atoms with Crippen molar-refractivity contribution in [2.45, 2.75) is 39.5 Å². The van der Waals surface area contributed by atoms with E-state index in [1.54, 1.807) is 0 Å². The van der Waals surface area contributed by atoms with Crippen LogP contribution in [0.15, 0.2) is 24.3 Å². The molecule has 0 saturated heterocycles. The average molecular weight is 299 g/mol. The van der Waals surface area contributed by atoms with Gasteiger partial charge in [0.15, 0.2) is 0 Å². The van der Waals surface area contributed by atoms with Gasteiger partial charge in [-0.25, -0.2) is 4.68 Å². The van der Waals surface area contributed by atoms with Crippen molar-refractivity contribution in [3.63, 3.8) is 0 Å². The summed E-state index contributed by atoms with van der Waals surface area (Å²) >= 11 is 0. The second kappa shape index (κ2) is 6.97. The van der Waals surface area contributed by atoms with E-state index in [-0.39, 0.29) is 0 Å². The highest BCUT2D eigenvalue weighted by Crippen LogP contribution is 2.29. The molecule has 0 amide bonds. The van der Waals surface area contributed by atoms with Crippen LogP contribution < -0.4 is 5.32 Å². The maximum atomic E-state index is 5.53. The molecule has 0 radical (unpaired) electrons.